The number of piperidine rings is 1. The molecule has 1 N–H and O–H groups in total. The van der Waals surface area contributed by atoms with Crippen LogP contribution >= 0.6 is 11.3 Å². The summed E-state index contributed by atoms with van der Waals surface area (Å²) in [6.45, 7) is 5.04. The minimum atomic E-state index is -5.08. The molecule has 3 aliphatic rings. The van der Waals surface area contributed by atoms with Gasteiger partial charge in [-0.15, -0.1) is 11.3 Å². The molecule has 1 spiro atoms. The summed E-state index contributed by atoms with van der Waals surface area (Å²) < 4.78 is 38.4. The Morgan fingerprint density at radius 2 is 1.72 bits per heavy atom. The van der Waals surface area contributed by atoms with Gasteiger partial charge in [-0.25, -0.2) is 4.79 Å². The van der Waals surface area contributed by atoms with E-state index in [2.05, 4.69) is 51.6 Å². The maximum Gasteiger partial charge on any atom is 0.490 e. The summed E-state index contributed by atoms with van der Waals surface area (Å²) in [6, 6.07) is 12.8. The Kier molecular flexibility index (Phi) is 8.24. The Bertz CT molecular complexity index is 1030. The molecule has 1 atom stereocenters. The second-order valence-corrected chi connectivity index (χ2v) is 10.7. The fraction of sp³-hybridized carbons (Fsp3) is 0.538. The van der Waals surface area contributed by atoms with Crippen LogP contribution in [0, 0.1) is 0 Å². The first kappa shape index (κ1) is 26.5. The lowest BCUT2D eigenvalue weighted by Crippen LogP contribution is -2.50. The van der Waals surface area contributed by atoms with Crippen molar-refractivity contribution in [1.29, 1.82) is 0 Å². The van der Waals surface area contributed by atoms with Crippen molar-refractivity contribution in [1.82, 2.24) is 9.80 Å². The molecule has 4 heterocycles. The van der Waals surface area contributed by atoms with E-state index in [4.69, 9.17) is 14.6 Å². The van der Waals surface area contributed by atoms with Gasteiger partial charge >= 0.3 is 12.1 Å². The highest BCUT2D eigenvalue weighted by Gasteiger charge is 2.44. The van der Waals surface area contributed by atoms with Crippen LogP contribution in [0.15, 0.2) is 41.8 Å². The highest BCUT2D eigenvalue weighted by molar-refractivity contribution is 7.09. The Morgan fingerprint density at radius 1 is 1.06 bits per heavy atom. The minimum absolute atomic E-state index is 0.115. The molecule has 2 fully saturated rings. The molecular formula is C26H31F3N2O4S. The number of carbonyl (C=O) groups excluding carboxylic acids is 1. The van der Waals surface area contributed by atoms with Crippen LogP contribution < -0.4 is 4.74 Å². The number of hydrogen-bond donors (Lipinski definition) is 1. The lowest BCUT2D eigenvalue weighted by molar-refractivity contribution is -0.192. The molecule has 196 valence electrons. The van der Waals surface area contributed by atoms with Gasteiger partial charge in [0.05, 0.1) is 0 Å². The van der Waals surface area contributed by atoms with Crippen LogP contribution in [0.3, 0.4) is 0 Å². The Labute approximate surface area is 212 Å². The van der Waals surface area contributed by atoms with Gasteiger partial charge in [0.25, 0.3) is 0 Å². The highest BCUT2D eigenvalue weighted by atomic mass is 32.1. The van der Waals surface area contributed by atoms with E-state index in [1.54, 1.807) is 0 Å². The van der Waals surface area contributed by atoms with Gasteiger partial charge in [0.1, 0.15) is 11.4 Å². The molecule has 0 radical (unpaired) electrons. The van der Waals surface area contributed by atoms with Crippen molar-refractivity contribution in [3.63, 3.8) is 0 Å². The van der Waals surface area contributed by atoms with E-state index < -0.39 is 12.1 Å². The quantitative estimate of drug-likeness (QED) is 0.588. The van der Waals surface area contributed by atoms with Crippen LogP contribution in [-0.4, -0.2) is 64.7 Å². The van der Waals surface area contributed by atoms with Gasteiger partial charge < -0.3 is 14.7 Å². The molecular weight excluding hydrogens is 493 g/mol. The zero-order valence-electron chi connectivity index (χ0n) is 20.0. The number of halogens is 3. The second-order valence-electron chi connectivity index (χ2n) is 9.67. The van der Waals surface area contributed by atoms with Gasteiger partial charge in [-0.3, -0.25) is 9.69 Å². The van der Waals surface area contributed by atoms with Crippen molar-refractivity contribution < 1.29 is 32.6 Å². The molecule has 36 heavy (non-hydrogen) atoms. The average Bonchev–Trinajstić information content (AvgIpc) is 3.55. The fourth-order valence-electron chi connectivity index (χ4n) is 5.28. The number of para-hydroxylation sites is 1. The molecule has 2 aromatic rings. The van der Waals surface area contributed by atoms with Gasteiger partial charge in [0, 0.05) is 49.9 Å². The van der Waals surface area contributed by atoms with Crippen LogP contribution in [0.25, 0.3) is 0 Å². The molecule has 1 aromatic carbocycles. The predicted molar refractivity (Wildman–Crippen MR) is 130 cm³/mol. The summed E-state index contributed by atoms with van der Waals surface area (Å²) >= 11 is 1.84. The average molecular weight is 525 g/mol. The Morgan fingerprint density at radius 3 is 2.33 bits per heavy atom. The molecule has 10 heteroatoms. The summed E-state index contributed by atoms with van der Waals surface area (Å²) in [4.78, 5) is 27.8. The largest absolute Gasteiger partial charge is 0.490 e. The molecule has 1 unspecified atom stereocenters. The monoisotopic (exact) mass is 524 g/mol. The number of nitrogens with zero attached hydrogens (tertiary/aromatic N) is 2. The number of thiophene rings is 1. The molecule has 2 saturated heterocycles. The summed E-state index contributed by atoms with van der Waals surface area (Å²) in [6.07, 6.45) is 0.903. The number of hydrogen-bond acceptors (Lipinski definition) is 5. The van der Waals surface area contributed by atoms with Crippen LogP contribution in [0.5, 0.6) is 5.75 Å². The number of alkyl halides is 3. The van der Waals surface area contributed by atoms with E-state index in [1.807, 2.05) is 11.3 Å². The molecule has 1 aromatic heterocycles. The molecule has 0 saturated carbocycles. The third kappa shape index (κ3) is 6.59. The maximum absolute atomic E-state index is 12.9. The van der Waals surface area contributed by atoms with Gasteiger partial charge in [-0.05, 0) is 55.2 Å². The molecule has 6 nitrogen and oxygen atoms in total. The number of carbonyl (C=O) groups is 2. The van der Waals surface area contributed by atoms with E-state index in [0.29, 0.717) is 12.3 Å². The number of ether oxygens (including phenoxy) is 1. The third-order valence-corrected chi connectivity index (χ3v) is 8.01. The molecule has 1 amide bonds. The Balaban J connectivity index is 0.000000384. The summed E-state index contributed by atoms with van der Waals surface area (Å²) in [5, 5.41) is 9.28. The number of carboxylic acid groups (broad SMARTS) is 1. The van der Waals surface area contributed by atoms with E-state index in [-0.39, 0.29) is 11.5 Å². The number of rotatable bonds is 4. The number of likely N-dealkylation sites (tertiary alicyclic amines) is 2. The van der Waals surface area contributed by atoms with Gasteiger partial charge in [0.2, 0.25) is 5.91 Å². The minimum Gasteiger partial charge on any atom is -0.487 e. The van der Waals surface area contributed by atoms with Crippen LogP contribution in [0.1, 0.15) is 54.9 Å². The van der Waals surface area contributed by atoms with Crippen molar-refractivity contribution in [2.45, 2.75) is 62.8 Å². The van der Waals surface area contributed by atoms with E-state index in [1.165, 1.54) is 10.4 Å². The topological polar surface area (TPSA) is 70.1 Å². The Hall–Kier alpha value is -2.59. The lowest BCUT2D eigenvalue weighted by atomic mass is 9.76. The summed E-state index contributed by atoms with van der Waals surface area (Å²) in [7, 11) is 0. The highest BCUT2D eigenvalue weighted by Crippen LogP contribution is 2.47. The van der Waals surface area contributed by atoms with E-state index in [0.717, 1.165) is 70.6 Å². The van der Waals surface area contributed by atoms with Crippen molar-refractivity contribution >= 4 is 23.2 Å². The van der Waals surface area contributed by atoms with Crippen LogP contribution in [-0.2, 0) is 16.1 Å². The van der Waals surface area contributed by atoms with E-state index >= 15 is 0 Å². The molecule has 3 aliphatic heterocycles. The first-order chi connectivity index (χ1) is 17.2. The van der Waals surface area contributed by atoms with Crippen molar-refractivity contribution in [3.05, 3.63) is 52.2 Å². The van der Waals surface area contributed by atoms with Crippen molar-refractivity contribution in [3.8, 4) is 5.75 Å². The van der Waals surface area contributed by atoms with Crippen molar-refractivity contribution in [2.75, 3.05) is 26.2 Å². The lowest BCUT2D eigenvalue weighted by Gasteiger charge is -2.47. The number of fused-ring (bicyclic) bond motifs is 1. The van der Waals surface area contributed by atoms with E-state index in [9.17, 15) is 18.0 Å². The van der Waals surface area contributed by atoms with Gasteiger partial charge in [0.15, 0.2) is 0 Å². The fourth-order valence-corrected chi connectivity index (χ4v) is 6.03. The maximum atomic E-state index is 12.9. The van der Waals surface area contributed by atoms with Gasteiger partial charge in [-0.2, -0.15) is 13.2 Å². The first-order valence-corrected chi connectivity index (χ1v) is 13.1. The SMILES string of the molecule is O=C(CC1CC2(CCN(Cc3cccs3)CC2)Oc2ccccc21)N1CCCC1.O=C(O)C(F)(F)F. The second kappa shape index (κ2) is 11.2. The van der Waals surface area contributed by atoms with Crippen LogP contribution in [0.4, 0.5) is 13.2 Å². The zero-order chi connectivity index (χ0) is 25.8. The molecule has 0 aliphatic carbocycles. The number of aliphatic carboxylic acids is 1. The number of benzene rings is 1. The standard InChI is InChI=1S/C24H30N2O2S.C2HF3O2/c27-23(26-11-3-4-12-26)16-19-17-24(28-22-8-2-1-7-21(19)22)9-13-25(14-10-24)18-20-6-5-15-29-20;3-2(4,5)1(6)7/h1-2,5-8,15,19H,3-4,9-14,16-18H2;(H,6,7). The third-order valence-electron chi connectivity index (χ3n) is 7.15. The van der Waals surface area contributed by atoms with Crippen LogP contribution in [0.2, 0.25) is 0 Å². The number of amides is 1. The zero-order valence-corrected chi connectivity index (χ0v) is 20.8. The number of carboxylic acids is 1. The summed E-state index contributed by atoms with van der Waals surface area (Å²) in [5.41, 5.74) is 1.11. The normalized spacial score (nSPS) is 21.3. The predicted octanol–water partition coefficient (Wildman–Crippen LogP) is 5.29. The molecule has 0 bridgehead atoms. The first-order valence-electron chi connectivity index (χ1n) is 12.3. The summed E-state index contributed by atoms with van der Waals surface area (Å²) in [5.74, 6) is -1.15. The smallest absolute Gasteiger partial charge is 0.487 e. The van der Waals surface area contributed by atoms with Crippen molar-refractivity contribution in [2.24, 2.45) is 0 Å². The van der Waals surface area contributed by atoms with Gasteiger partial charge in [-0.1, -0.05) is 24.3 Å². The molecule has 5 rings (SSSR count).